The molecule has 1 N–H and O–H groups in total. The van der Waals surface area contributed by atoms with Crippen molar-refractivity contribution in [2.24, 2.45) is 0 Å². The smallest absolute Gasteiger partial charge is 0.262 e. The van der Waals surface area contributed by atoms with Gasteiger partial charge in [-0.05, 0) is 40.8 Å². The summed E-state index contributed by atoms with van der Waals surface area (Å²) in [5.74, 6) is -0.453. The first kappa shape index (κ1) is 15.9. The van der Waals surface area contributed by atoms with Crippen molar-refractivity contribution in [2.75, 3.05) is 11.8 Å². The normalized spacial score (nSPS) is 11.2. The van der Waals surface area contributed by atoms with Crippen molar-refractivity contribution in [1.29, 1.82) is 0 Å². The van der Waals surface area contributed by atoms with E-state index in [2.05, 4.69) is 20.2 Å². The average molecular weight is 349 g/mol. The Morgan fingerprint density at radius 2 is 2.04 bits per heavy atom. The van der Waals surface area contributed by atoms with Crippen molar-refractivity contribution < 1.29 is 17.5 Å². The van der Waals surface area contributed by atoms with Gasteiger partial charge in [0, 0.05) is 6.07 Å². The Morgan fingerprint density at radius 1 is 1.21 bits per heavy atom. The van der Waals surface area contributed by atoms with E-state index in [1.165, 1.54) is 36.3 Å². The predicted molar refractivity (Wildman–Crippen MR) is 82.9 cm³/mol. The Morgan fingerprint density at radius 3 is 2.75 bits per heavy atom. The molecule has 0 amide bonds. The lowest BCUT2D eigenvalue weighted by Gasteiger charge is -2.12. The minimum absolute atomic E-state index is 0.00174. The summed E-state index contributed by atoms with van der Waals surface area (Å²) >= 11 is 0. The molecule has 0 fully saturated rings. The Hall–Kier alpha value is -3.01. The van der Waals surface area contributed by atoms with E-state index in [1.54, 1.807) is 12.1 Å². The second kappa shape index (κ2) is 6.24. The first-order valence-corrected chi connectivity index (χ1v) is 8.18. The number of ether oxygens (including phenoxy) is 1. The fraction of sp³-hybridized carbons (Fsp3) is 0.0714. The number of benzene rings is 2. The quantitative estimate of drug-likeness (QED) is 0.751. The molecule has 0 atom stereocenters. The Labute approximate surface area is 136 Å². The number of tetrazole rings is 1. The second-order valence-electron chi connectivity index (χ2n) is 4.70. The summed E-state index contributed by atoms with van der Waals surface area (Å²) < 4.78 is 47.0. The van der Waals surface area contributed by atoms with E-state index in [-0.39, 0.29) is 16.3 Å². The summed E-state index contributed by atoms with van der Waals surface area (Å²) in [4.78, 5) is 0.00174. The molecule has 0 spiro atoms. The fourth-order valence-corrected chi connectivity index (χ4v) is 3.14. The topological polar surface area (TPSA) is 99.0 Å². The van der Waals surface area contributed by atoms with Gasteiger partial charge in [0.2, 0.25) is 0 Å². The molecule has 124 valence electrons. The number of aromatic nitrogens is 4. The summed E-state index contributed by atoms with van der Waals surface area (Å²) in [7, 11) is -2.58. The zero-order valence-corrected chi connectivity index (χ0v) is 13.2. The molecule has 0 saturated heterocycles. The molecule has 0 unspecified atom stereocenters. The number of halogens is 1. The Balaban J connectivity index is 1.96. The zero-order valence-electron chi connectivity index (χ0n) is 12.4. The van der Waals surface area contributed by atoms with Gasteiger partial charge < -0.3 is 4.74 Å². The molecular formula is C14H12FN5O3S. The number of nitrogens with zero attached hydrogens (tertiary/aromatic N) is 4. The maximum atomic E-state index is 13.2. The maximum absolute atomic E-state index is 13.2. The summed E-state index contributed by atoms with van der Waals surface area (Å²) in [5, 5.41) is 10.7. The van der Waals surface area contributed by atoms with Crippen molar-refractivity contribution in [1.82, 2.24) is 20.2 Å². The van der Waals surface area contributed by atoms with Gasteiger partial charge in [0.1, 0.15) is 17.9 Å². The third-order valence-electron chi connectivity index (χ3n) is 3.15. The maximum Gasteiger partial charge on any atom is 0.262 e. The van der Waals surface area contributed by atoms with Crippen LogP contribution in [0.3, 0.4) is 0 Å². The lowest BCUT2D eigenvalue weighted by atomic mass is 10.3. The van der Waals surface area contributed by atoms with E-state index in [4.69, 9.17) is 4.74 Å². The number of methoxy groups -OCH3 is 1. The predicted octanol–water partition coefficient (Wildman–Crippen LogP) is 1.61. The van der Waals surface area contributed by atoms with Crippen LogP contribution in [0.4, 0.5) is 10.1 Å². The van der Waals surface area contributed by atoms with Crippen molar-refractivity contribution >= 4 is 15.7 Å². The van der Waals surface area contributed by atoms with E-state index in [0.29, 0.717) is 5.69 Å². The third-order valence-corrected chi connectivity index (χ3v) is 4.51. The SMILES string of the molecule is COc1cc(F)ccc1NS(=O)(=O)c1cccc(-n2cnnn2)c1. The van der Waals surface area contributed by atoms with Crippen molar-refractivity contribution in [3.8, 4) is 11.4 Å². The molecule has 1 heterocycles. The van der Waals surface area contributed by atoms with Gasteiger partial charge >= 0.3 is 0 Å². The molecule has 0 bridgehead atoms. The molecule has 0 aliphatic carbocycles. The highest BCUT2D eigenvalue weighted by atomic mass is 32.2. The number of hydrogen-bond donors (Lipinski definition) is 1. The molecule has 0 radical (unpaired) electrons. The fourth-order valence-electron chi connectivity index (χ4n) is 2.03. The molecular weight excluding hydrogens is 337 g/mol. The minimum Gasteiger partial charge on any atom is -0.494 e. The van der Waals surface area contributed by atoms with E-state index in [9.17, 15) is 12.8 Å². The monoisotopic (exact) mass is 349 g/mol. The Bertz CT molecular complexity index is 960. The molecule has 3 rings (SSSR count). The highest BCUT2D eigenvalue weighted by Crippen LogP contribution is 2.27. The van der Waals surface area contributed by atoms with Crippen LogP contribution in [-0.4, -0.2) is 35.7 Å². The third kappa shape index (κ3) is 3.18. The van der Waals surface area contributed by atoms with Gasteiger partial charge in [0.15, 0.2) is 0 Å². The average Bonchev–Trinajstić information content (AvgIpc) is 3.11. The number of sulfonamides is 1. The van der Waals surface area contributed by atoms with Crippen LogP contribution >= 0.6 is 0 Å². The van der Waals surface area contributed by atoms with Crippen LogP contribution in [0.25, 0.3) is 5.69 Å². The lowest BCUT2D eigenvalue weighted by Crippen LogP contribution is -2.14. The molecule has 8 nitrogen and oxygen atoms in total. The highest BCUT2D eigenvalue weighted by molar-refractivity contribution is 7.92. The van der Waals surface area contributed by atoms with Crippen molar-refractivity contribution in [3.63, 3.8) is 0 Å². The second-order valence-corrected chi connectivity index (χ2v) is 6.38. The minimum atomic E-state index is -3.91. The molecule has 0 aliphatic heterocycles. The number of hydrogen-bond acceptors (Lipinski definition) is 6. The highest BCUT2D eigenvalue weighted by Gasteiger charge is 2.18. The van der Waals surface area contributed by atoms with Crippen LogP contribution in [0.15, 0.2) is 53.7 Å². The van der Waals surface area contributed by atoms with Gasteiger partial charge in [-0.15, -0.1) is 5.10 Å². The molecule has 10 heteroatoms. The van der Waals surface area contributed by atoms with Crippen LogP contribution < -0.4 is 9.46 Å². The van der Waals surface area contributed by atoms with E-state index in [1.807, 2.05) is 0 Å². The van der Waals surface area contributed by atoms with Gasteiger partial charge in [0.25, 0.3) is 10.0 Å². The molecule has 3 aromatic rings. The van der Waals surface area contributed by atoms with E-state index >= 15 is 0 Å². The number of rotatable bonds is 5. The van der Waals surface area contributed by atoms with Gasteiger partial charge in [0.05, 0.1) is 23.4 Å². The standard InChI is InChI=1S/C14H12FN5O3S/c1-23-14-7-10(15)5-6-13(14)17-24(21,22)12-4-2-3-11(8-12)20-9-16-18-19-20/h2-9,17H,1H3. The van der Waals surface area contributed by atoms with Gasteiger partial charge in [-0.2, -0.15) is 0 Å². The Kier molecular flexibility index (Phi) is 4.13. The molecule has 2 aromatic carbocycles. The summed E-state index contributed by atoms with van der Waals surface area (Å²) in [5.41, 5.74) is 0.612. The van der Waals surface area contributed by atoms with Gasteiger partial charge in [-0.3, -0.25) is 4.72 Å². The van der Waals surface area contributed by atoms with Gasteiger partial charge in [-0.1, -0.05) is 6.07 Å². The van der Waals surface area contributed by atoms with Crippen LogP contribution in [-0.2, 0) is 10.0 Å². The van der Waals surface area contributed by atoms with Crippen LogP contribution in [0.5, 0.6) is 5.75 Å². The summed E-state index contributed by atoms with van der Waals surface area (Å²) in [6, 6.07) is 9.58. The van der Waals surface area contributed by atoms with Crippen molar-refractivity contribution in [2.45, 2.75) is 4.90 Å². The van der Waals surface area contributed by atoms with Crippen molar-refractivity contribution in [3.05, 3.63) is 54.6 Å². The molecule has 24 heavy (non-hydrogen) atoms. The number of anilines is 1. The van der Waals surface area contributed by atoms with E-state index < -0.39 is 15.8 Å². The lowest BCUT2D eigenvalue weighted by molar-refractivity contribution is 0.413. The molecule has 1 aromatic heterocycles. The largest absolute Gasteiger partial charge is 0.494 e. The zero-order chi connectivity index (χ0) is 17.2. The first-order chi connectivity index (χ1) is 11.5. The van der Waals surface area contributed by atoms with E-state index in [0.717, 1.165) is 12.1 Å². The molecule has 0 aliphatic rings. The molecule has 0 saturated carbocycles. The van der Waals surface area contributed by atoms with Gasteiger partial charge in [-0.25, -0.2) is 17.5 Å². The first-order valence-electron chi connectivity index (χ1n) is 6.69. The summed E-state index contributed by atoms with van der Waals surface area (Å²) in [6.07, 6.45) is 1.35. The summed E-state index contributed by atoms with van der Waals surface area (Å²) in [6.45, 7) is 0. The van der Waals surface area contributed by atoms with Crippen LogP contribution in [0.1, 0.15) is 0 Å². The van der Waals surface area contributed by atoms with Crippen LogP contribution in [0, 0.1) is 5.82 Å². The van der Waals surface area contributed by atoms with Crippen LogP contribution in [0.2, 0.25) is 0 Å². The number of nitrogens with one attached hydrogen (secondary N) is 1.